The Hall–Kier alpha value is -1.75. The normalized spacial score (nSPS) is 14.2. The highest BCUT2D eigenvalue weighted by atomic mass is 16.7. The van der Waals surface area contributed by atoms with Crippen LogP contribution in [-0.2, 0) is 11.3 Å². The number of nitrogens with one attached hydrogen (secondary N) is 1. The average molecular weight is 264 g/mol. The maximum absolute atomic E-state index is 11.8. The molecular weight excluding hydrogens is 244 g/mol. The molecule has 1 aromatic rings. The molecule has 1 aliphatic heterocycles. The minimum atomic E-state index is 0.0370. The predicted molar refractivity (Wildman–Crippen MR) is 71.9 cm³/mol. The third-order valence-corrected chi connectivity index (χ3v) is 3.31. The molecular formula is C14H20N2O3. The van der Waals surface area contributed by atoms with Gasteiger partial charge in [0, 0.05) is 13.0 Å². The van der Waals surface area contributed by atoms with Gasteiger partial charge in [-0.15, -0.1) is 0 Å². The van der Waals surface area contributed by atoms with Crippen molar-refractivity contribution in [3.63, 3.8) is 0 Å². The molecule has 0 saturated heterocycles. The summed E-state index contributed by atoms with van der Waals surface area (Å²) in [4.78, 5) is 11.8. The Morgan fingerprint density at radius 2 is 2.21 bits per heavy atom. The average Bonchev–Trinajstić information content (AvgIpc) is 2.89. The van der Waals surface area contributed by atoms with Gasteiger partial charge in [0.05, 0.1) is 0 Å². The molecule has 1 aromatic carbocycles. The third-order valence-electron chi connectivity index (χ3n) is 3.31. The molecule has 0 saturated carbocycles. The second-order valence-corrected chi connectivity index (χ2v) is 4.68. The summed E-state index contributed by atoms with van der Waals surface area (Å²) < 4.78 is 10.5. The van der Waals surface area contributed by atoms with E-state index in [1.54, 1.807) is 0 Å². The van der Waals surface area contributed by atoms with Gasteiger partial charge in [-0.2, -0.15) is 0 Å². The highest BCUT2D eigenvalue weighted by molar-refractivity contribution is 5.76. The molecule has 0 fully saturated rings. The van der Waals surface area contributed by atoms with Crippen molar-refractivity contribution in [1.29, 1.82) is 0 Å². The number of fused-ring (bicyclic) bond motifs is 1. The number of amides is 1. The molecule has 0 spiro atoms. The first-order chi connectivity index (χ1) is 9.22. The van der Waals surface area contributed by atoms with E-state index in [4.69, 9.17) is 15.2 Å². The number of carbonyl (C=O) groups excluding carboxylic acids is 1. The first-order valence-corrected chi connectivity index (χ1v) is 6.58. The molecule has 5 nitrogen and oxygen atoms in total. The van der Waals surface area contributed by atoms with Crippen LogP contribution in [0.4, 0.5) is 0 Å². The lowest BCUT2D eigenvalue weighted by Gasteiger charge is -2.12. The fourth-order valence-corrected chi connectivity index (χ4v) is 1.98. The molecule has 1 atom stereocenters. The van der Waals surface area contributed by atoms with Gasteiger partial charge in [0.15, 0.2) is 11.5 Å². The second-order valence-electron chi connectivity index (χ2n) is 4.68. The Morgan fingerprint density at radius 1 is 1.42 bits per heavy atom. The van der Waals surface area contributed by atoms with Crippen LogP contribution in [0, 0.1) is 5.92 Å². The zero-order valence-electron chi connectivity index (χ0n) is 11.1. The van der Waals surface area contributed by atoms with Crippen LogP contribution < -0.4 is 20.5 Å². The van der Waals surface area contributed by atoms with Crippen LogP contribution in [-0.4, -0.2) is 19.2 Å². The number of hydrogen-bond donors (Lipinski definition) is 2. The summed E-state index contributed by atoms with van der Waals surface area (Å²) in [6.45, 7) is 3.35. The fraction of sp³-hybridized carbons (Fsp3) is 0.500. The standard InChI is InChI=1S/C14H20N2O3/c1-2-10(7-15)6-14(17)16-8-11-3-4-12-13(5-11)19-9-18-12/h3-5,10H,2,6-9,15H2,1H3,(H,16,17). The van der Waals surface area contributed by atoms with Gasteiger partial charge >= 0.3 is 0 Å². The molecule has 0 radical (unpaired) electrons. The monoisotopic (exact) mass is 264 g/mol. The molecule has 1 heterocycles. The Morgan fingerprint density at radius 3 is 2.95 bits per heavy atom. The summed E-state index contributed by atoms with van der Waals surface area (Å²) in [6, 6.07) is 5.68. The molecule has 0 aromatic heterocycles. The Balaban J connectivity index is 1.83. The molecule has 5 heteroatoms. The van der Waals surface area contributed by atoms with Crippen molar-refractivity contribution in [2.45, 2.75) is 26.3 Å². The van der Waals surface area contributed by atoms with Crippen LogP contribution in [0.15, 0.2) is 18.2 Å². The van der Waals surface area contributed by atoms with Gasteiger partial charge in [0.1, 0.15) is 0 Å². The number of nitrogens with two attached hydrogens (primary N) is 1. The maximum Gasteiger partial charge on any atom is 0.231 e. The first-order valence-electron chi connectivity index (χ1n) is 6.58. The highest BCUT2D eigenvalue weighted by Gasteiger charge is 2.14. The van der Waals surface area contributed by atoms with Crippen molar-refractivity contribution >= 4 is 5.91 Å². The highest BCUT2D eigenvalue weighted by Crippen LogP contribution is 2.32. The Labute approximate surface area is 113 Å². The van der Waals surface area contributed by atoms with Crippen LogP contribution >= 0.6 is 0 Å². The summed E-state index contributed by atoms with van der Waals surface area (Å²) in [6.07, 6.45) is 1.41. The van der Waals surface area contributed by atoms with E-state index in [9.17, 15) is 4.79 Å². The lowest BCUT2D eigenvalue weighted by atomic mass is 10.0. The zero-order chi connectivity index (χ0) is 13.7. The van der Waals surface area contributed by atoms with Gasteiger partial charge < -0.3 is 20.5 Å². The molecule has 19 heavy (non-hydrogen) atoms. The first kappa shape index (κ1) is 13.7. The zero-order valence-corrected chi connectivity index (χ0v) is 11.1. The minimum absolute atomic E-state index is 0.0370. The quantitative estimate of drug-likeness (QED) is 0.814. The van der Waals surface area contributed by atoms with Gasteiger partial charge in [-0.25, -0.2) is 0 Å². The van der Waals surface area contributed by atoms with E-state index in [0.29, 0.717) is 19.5 Å². The third kappa shape index (κ3) is 3.61. The molecule has 1 amide bonds. The van der Waals surface area contributed by atoms with Crippen LogP contribution in [0.25, 0.3) is 0 Å². The van der Waals surface area contributed by atoms with Crippen LogP contribution in [0.3, 0.4) is 0 Å². The van der Waals surface area contributed by atoms with Crippen molar-refractivity contribution in [3.8, 4) is 11.5 Å². The van der Waals surface area contributed by atoms with Gasteiger partial charge in [-0.05, 0) is 30.2 Å². The van der Waals surface area contributed by atoms with Crippen molar-refractivity contribution < 1.29 is 14.3 Å². The van der Waals surface area contributed by atoms with E-state index in [0.717, 1.165) is 23.5 Å². The summed E-state index contributed by atoms with van der Waals surface area (Å²) in [5.41, 5.74) is 6.59. The number of ether oxygens (including phenoxy) is 2. The van der Waals surface area contributed by atoms with Gasteiger partial charge in [0.25, 0.3) is 0 Å². The number of rotatable bonds is 6. The second kappa shape index (κ2) is 6.43. The fourth-order valence-electron chi connectivity index (χ4n) is 1.98. The number of carbonyl (C=O) groups is 1. The van der Waals surface area contributed by atoms with Crippen molar-refractivity contribution in [1.82, 2.24) is 5.32 Å². The largest absolute Gasteiger partial charge is 0.454 e. The molecule has 2 rings (SSSR count). The maximum atomic E-state index is 11.8. The minimum Gasteiger partial charge on any atom is -0.454 e. The van der Waals surface area contributed by atoms with E-state index in [-0.39, 0.29) is 18.6 Å². The SMILES string of the molecule is CCC(CN)CC(=O)NCc1ccc2c(c1)OCO2. The lowest BCUT2D eigenvalue weighted by Crippen LogP contribution is -2.27. The van der Waals surface area contributed by atoms with E-state index in [2.05, 4.69) is 5.32 Å². The van der Waals surface area contributed by atoms with Crippen molar-refractivity contribution in [3.05, 3.63) is 23.8 Å². The van der Waals surface area contributed by atoms with E-state index in [1.807, 2.05) is 25.1 Å². The van der Waals surface area contributed by atoms with E-state index in [1.165, 1.54) is 0 Å². The summed E-state index contributed by atoms with van der Waals surface area (Å²) >= 11 is 0. The van der Waals surface area contributed by atoms with E-state index < -0.39 is 0 Å². The van der Waals surface area contributed by atoms with Gasteiger partial charge in [-0.1, -0.05) is 19.4 Å². The summed E-state index contributed by atoms with van der Waals surface area (Å²) in [7, 11) is 0. The molecule has 0 aliphatic carbocycles. The number of hydrogen-bond acceptors (Lipinski definition) is 4. The van der Waals surface area contributed by atoms with Gasteiger partial charge in [0.2, 0.25) is 12.7 Å². The molecule has 104 valence electrons. The van der Waals surface area contributed by atoms with Crippen LogP contribution in [0.5, 0.6) is 11.5 Å². The molecule has 1 aliphatic rings. The smallest absolute Gasteiger partial charge is 0.231 e. The van der Waals surface area contributed by atoms with Gasteiger partial charge in [-0.3, -0.25) is 4.79 Å². The summed E-state index contributed by atoms with van der Waals surface area (Å²) in [5, 5.41) is 2.90. The van der Waals surface area contributed by atoms with Crippen LogP contribution in [0.2, 0.25) is 0 Å². The Kier molecular flexibility index (Phi) is 4.63. The molecule has 0 bridgehead atoms. The Bertz CT molecular complexity index is 444. The van der Waals surface area contributed by atoms with E-state index >= 15 is 0 Å². The number of benzene rings is 1. The molecule has 3 N–H and O–H groups in total. The van der Waals surface area contributed by atoms with Crippen molar-refractivity contribution in [2.24, 2.45) is 11.7 Å². The molecule has 1 unspecified atom stereocenters. The predicted octanol–water partition coefficient (Wildman–Crippen LogP) is 1.41. The van der Waals surface area contributed by atoms with Crippen LogP contribution in [0.1, 0.15) is 25.3 Å². The summed E-state index contributed by atoms with van der Waals surface area (Å²) in [5.74, 6) is 1.79. The van der Waals surface area contributed by atoms with Crippen molar-refractivity contribution in [2.75, 3.05) is 13.3 Å². The topological polar surface area (TPSA) is 73.6 Å². The lowest BCUT2D eigenvalue weighted by molar-refractivity contribution is -0.122.